The van der Waals surface area contributed by atoms with Crippen LogP contribution in [0.15, 0.2) is 21.1 Å². The first-order valence-corrected chi connectivity index (χ1v) is 9.89. The van der Waals surface area contributed by atoms with Crippen LogP contribution in [0.4, 0.5) is 5.69 Å². The van der Waals surface area contributed by atoms with Crippen LogP contribution in [0.2, 0.25) is 0 Å². The summed E-state index contributed by atoms with van der Waals surface area (Å²) in [6.07, 6.45) is 1.79. The Bertz CT molecular complexity index is 602. The molecule has 2 N–H and O–H groups in total. The second kappa shape index (κ2) is 7.30. The fourth-order valence-electron chi connectivity index (χ4n) is 2.33. The van der Waals surface area contributed by atoms with Gasteiger partial charge in [-0.15, -0.1) is 0 Å². The highest BCUT2D eigenvalue weighted by Crippen LogP contribution is 2.35. The molecule has 0 aromatic heterocycles. The van der Waals surface area contributed by atoms with Gasteiger partial charge in [-0.1, -0.05) is 0 Å². The molecule has 0 unspecified atom stereocenters. The predicted molar refractivity (Wildman–Crippen MR) is 91.4 cm³/mol. The highest BCUT2D eigenvalue weighted by atomic mass is 79.9. The highest BCUT2D eigenvalue weighted by Gasteiger charge is 2.22. The average Bonchev–Trinajstić information content (AvgIpc) is 2.42. The van der Waals surface area contributed by atoms with Crippen molar-refractivity contribution >= 4 is 47.6 Å². The molecule has 1 heterocycles. The molecule has 8 heteroatoms. The molecule has 1 fully saturated rings. The minimum absolute atomic E-state index is 0.152. The van der Waals surface area contributed by atoms with Crippen molar-refractivity contribution in [3.05, 3.63) is 21.1 Å². The van der Waals surface area contributed by atoms with E-state index < -0.39 is 10.0 Å². The average molecular weight is 442 g/mol. The van der Waals surface area contributed by atoms with Crippen LogP contribution in [0.5, 0.6) is 5.75 Å². The molecule has 0 spiro atoms. The zero-order chi connectivity index (χ0) is 15.5. The van der Waals surface area contributed by atoms with Gasteiger partial charge < -0.3 is 10.1 Å². The summed E-state index contributed by atoms with van der Waals surface area (Å²) in [5.41, 5.74) is 0.490. The van der Waals surface area contributed by atoms with Crippen LogP contribution < -0.4 is 14.8 Å². The van der Waals surface area contributed by atoms with Crippen molar-refractivity contribution < 1.29 is 13.2 Å². The first kappa shape index (κ1) is 17.1. The molecule has 1 aliphatic rings. The minimum Gasteiger partial charge on any atom is -0.495 e. The molecular formula is C13H18Br2N2O3S. The number of hydrogen-bond acceptors (Lipinski definition) is 4. The first-order valence-electron chi connectivity index (χ1n) is 6.65. The molecule has 1 aromatic carbocycles. The van der Waals surface area contributed by atoms with Gasteiger partial charge in [-0.3, -0.25) is 4.72 Å². The van der Waals surface area contributed by atoms with Gasteiger partial charge in [-0.25, -0.2) is 8.42 Å². The molecule has 21 heavy (non-hydrogen) atoms. The second-order valence-electron chi connectivity index (χ2n) is 5.04. The number of hydrogen-bond donors (Lipinski definition) is 2. The van der Waals surface area contributed by atoms with E-state index in [2.05, 4.69) is 41.9 Å². The van der Waals surface area contributed by atoms with Crippen LogP contribution in [0.25, 0.3) is 0 Å². The van der Waals surface area contributed by atoms with Gasteiger partial charge in [0.05, 0.1) is 23.0 Å². The van der Waals surface area contributed by atoms with E-state index in [-0.39, 0.29) is 11.7 Å². The Labute approximate surface area is 142 Å². The van der Waals surface area contributed by atoms with Crippen LogP contribution in [-0.4, -0.2) is 34.4 Å². The van der Waals surface area contributed by atoms with Gasteiger partial charge in [0.1, 0.15) is 5.75 Å². The van der Waals surface area contributed by atoms with Gasteiger partial charge in [0, 0.05) is 10.5 Å². The third-order valence-electron chi connectivity index (χ3n) is 3.42. The molecule has 2 rings (SSSR count). The fraction of sp³-hybridized carbons (Fsp3) is 0.538. The minimum atomic E-state index is -3.37. The van der Waals surface area contributed by atoms with E-state index in [4.69, 9.17) is 4.74 Å². The SMILES string of the molecule is COc1cc(NS(=O)(=O)CC2CCNCC2)c(Br)cc1Br. The molecule has 5 nitrogen and oxygen atoms in total. The van der Waals surface area contributed by atoms with Crippen LogP contribution in [-0.2, 0) is 10.0 Å². The summed E-state index contributed by atoms with van der Waals surface area (Å²) in [6, 6.07) is 3.43. The van der Waals surface area contributed by atoms with E-state index in [1.807, 2.05) is 0 Å². The maximum absolute atomic E-state index is 12.3. The Balaban J connectivity index is 2.12. The molecule has 0 atom stereocenters. The summed E-state index contributed by atoms with van der Waals surface area (Å²) in [5.74, 6) is 0.942. The van der Waals surface area contributed by atoms with Gasteiger partial charge >= 0.3 is 0 Å². The van der Waals surface area contributed by atoms with E-state index >= 15 is 0 Å². The molecule has 0 aliphatic carbocycles. The number of benzene rings is 1. The molecular weight excluding hydrogens is 424 g/mol. The smallest absolute Gasteiger partial charge is 0.233 e. The summed E-state index contributed by atoms with van der Waals surface area (Å²) in [5, 5.41) is 3.24. The van der Waals surface area contributed by atoms with Crippen molar-refractivity contribution in [1.29, 1.82) is 0 Å². The normalized spacial score (nSPS) is 16.7. The van der Waals surface area contributed by atoms with Gasteiger partial charge in [-0.2, -0.15) is 0 Å². The largest absolute Gasteiger partial charge is 0.495 e. The molecule has 118 valence electrons. The van der Waals surface area contributed by atoms with Crippen LogP contribution in [0, 0.1) is 5.92 Å². The molecule has 1 saturated heterocycles. The number of anilines is 1. The summed E-state index contributed by atoms with van der Waals surface area (Å²) in [6.45, 7) is 1.77. The van der Waals surface area contributed by atoms with E-state index in [1.54, 1.807) is 19.2 Å². The van der Waals surface area contributed by atoms with E-state index in [1.165, 1.54) is 0 Å². The van der Waals surface area contributed by atoms with Crippen LogP contribution >= 0.6 is 31.9 Å². The highest BCUT2D eigenvalue weighted by molar-refractivity contribution is 9.11. The quantitative estimate of drug-likeness (QED) is 0.736. The fourth-order valence-corrected chi connectivity index (χ4v) is 5.26. The lowest BCUT2D eigenvalue weighted by molar-refractivity contribution is 0.402. The molecule has 0 saturated carbocycles. The molecule has 0 amide bonds. The number of rotatable bonds is 5. The number of sulfonamides is 1. The summed E-state index contributed by atoms with van der Waals surface area (Å²) in [4.78, 5) is 0. The van der Waals surface area contributed by atoms with Crippen LogP contribution in [0.1, 0.15) is 12.8 Å². The maximum atomic E-state index is 12.3. The van der Waals surface area contributed by atoms with Crippen molar-refractivity contribution in [1.82, 2.24) is 5.32 Å². The van der Waals surface area contributed by atoms with Crippen LogP contribution in [0.3, 0.4) is 0 Å². The second-order valence-corrected chi connectivity index (χ2v) is 8.52. The Morgan fingerprint density at radius 2 is 1.95 bits per heavy atom. The van der Waals surface area contributed by atoms with E-state index in [0.29, 0.717) is 15.9 Å². The predicted octanol–water partition coefficient (Wildman–Crippen LogP) is 2.96. The Kier molecular flexibility index (Phi) is 5.93. The third kappa shape index (κ3) is 4.84. The molecule has 0 radical (unpaired) electrons. The number of nitrogens with one attached hydrogen (secondary N) is 2. The molecule has 1 aromatic rings. The lowest BCUT2D eigenvalue weighted by Crippen LogP contribution is -2.33. The number of ether oxygens (including phenoxy) is 1. The number of halogens is 2. The number of piperidine rings is 1. The zero-order valence-corrected chi connectivity index (χ0v) is 15.6. The Morgan fingerprint density at radius 3 is 2.57 bits per heavy atom. The van der Waals surface area contributed by atoms with E-state index in [9.17, 15) is 8.42 Å². The van der Waals surface area contributed by atoms with E-state index in [0.717, 1.165) is 30.4 Å². The maximum Gasteiger partial charge on any atom is 0.233 e. The van der Waals surface area contributed by atoms with Gasteiger partial charge in [0.15, 0.2) is 0 Å². The lowest BCUT2D eigenvalue weighted by atomic mass is 10.0. The number of methoxy groups -OCH3 is 1. The topological polar surface area (TPSA) is 67.4 Å². The third-order valence-corrected chi connectivity index (χ3v) is 6.14. The molecule has 1 aliphatic heterocycles. The van der Waals surface area contributed by atoms with Gasteiger partial charge in [-0.05, 0) is 69.8 Å². The molecule has 0 bridgehead atoms. The standard InChI is InChI=1S/C13H18Br2N2O3S/c1-20-13-7-12(10(14)6-11(13)15)17-21(18,19)8-9-2-4-16-5-3-9/h6-7,9,16-17H,2-5,8H2,1H3. The summed E-state index contributed by atoms with van der Waals surface area (Å²) >= 11 is 6.73. The van der Waals surface area contributed by atoms with Crippen molar-refractivity contribution in [2.24, 2.45) is 5.92 Å². The monoisotopic (exact) mass is 440 g/mol. The Hall–Kier alpha value is -0.310. The first-order chi connectivity index (χ1) is 9.91. The van der Waals surface area contributed by atoms with Gasteiger partial charge in [0.25, 0.3) is 0 Å². The van der Waals surface area contributed by atoms with Crippen molar-refractivity contribution in [2.75, 3.05) is 30.7 Å². The van der Waals surface area contributed by atoms with Crippen molar-refractivity contribution in [3.63, 3.8) is 0 Å². The summed E-state index contributed by atoms with van der Waals surface area (Å²) < 4.78 is 33.9. The van der Waals surface area contributed by atoms with Gasteiger partial charge in [0.2, 0.25) is 10.0 Å². The zero-order valence-electron chi connectivity index (χ0n) is 11.7. The summed E-state index contributed by atoms with van der Waals surface area (Å²) in [7, 11) is -1.83. The Morgan fingerprint density at radius 1 is 1.29 bits per heavy atom. The van der Waals surface area contributed by atoms with Crippen molar-refractivity contribution in [2.45, 2.75) is 12.8 Å². The van der Waals surface area contributed by atoms with Crippen molar-refractivity contribution in [3.8, 4) is 5.75 Å². The lowest BCUT2D eigenvalue weighted by Gasteiger charge is -2.22.